The number of anilines is 1. The third-order valence-electron chi connectivity index (χ3n) is 3.78. The highest BCUT2D eigenvalue weighted by Gasteiger charge is 2.11. The van der Waals surface area contributed by atoms with Crippen LogP contribution in [0.3, 0.4) is 0 Å². The van der Waals surface area contributed by atoms with Gasteiger partial charge < -0.3 is 29.8 Å². The molecule has 2 heterocycles. The summed E-state index contributed by atoms with van der Waals surface area (Å²) in [5.74, 6) is 2.45. The van der Waals surface area contributed by atoms with Gasteiger partial charge in [-0.15, -0.1) is 0 Å². The number of ether oxygens (including phenoxy) is 2. The summed E-state index contributed by atoms with van der Waals surface area (Å²) in [4.78, 5) is 16.3. The average Bonchev–Trinajstić information content (AvgIpc) is 3.09. The van der Waals surface area contributed by atoms with Crippen molar-refractivity contribution < 1.29 is 18.7 Å². The van der Waals surface area contributed by atoms with Crippen LogP contribution in [0.25, 0.3) is 0 Å². The topological polar surface area (TPSA) is 97.1 Å². The van der Waals surface area contributed by atoms with Crippen LogP contribution in [-0.4, -0.2) is 38.2 Å². The van der Waals surface area contributed by atoms with Crippen molar-refractivity contribution in [3.05, 3.63) is 42.4 Å². The number of carbonyl (C=O) groups is 1. The Hall–Kier alpha value is -3.16. The number of carbonyl (C=O) groups excluding carboxylic acids is 1. The molecule has 8 heteroatoms. The first-order chi connectivity index (χ1) is 13.2. The molecule has 144 valence electrons. The fourth-order valence-electron chi connectivity index (χ4n) is 2.49. The number of benzene rings is 1. The van der Waals surface area contributed by atoms with Crippen molar-refractivity contribution in [1.29, 1.82) is 0 Å². The molecule has 0 spiro atoms. The molecule has 0 bridgehead atoms. The van der Waals surface area contributed by atoms with E-state index in [-0.39, 0.29) is 12.5 Å². The summed E-state index contributed by atoms with van der Waals surface area (Å²) in [5, 5.41) is 9.06. The van der Waals surface area contributed by atoms with Gasteiger partial charge in [0.25, 0.3) is 0 Å². The number of aliphatic imine (C=N–C) groups is 1. The minimum absolute atomic E-state index is 0.000589. The van der Waals surface area contributed by atoms with Gasteiger partial charge in [-0.3, -0.25) is 4.79 Å². The summed E-state index contributed by atoms with van der Waals surface area (Å²) in [6.45, 7) is 4.25. The van der Waals surface area contributed by atoms with Crippen LogP contribution >= 0.6 is 0 Å². The third-order valence-corrected chi connectivity index (χ3v) is 3.78. The first kappa shape index (κ1) is 18.6. The van der Waals surface area contributed by atoms with Crippen LogP contribution in [0.15, 0.2) is 46.0 Å². The second kappa shape index (κ2) is 9.51. The van der Waals surface area contributed by atoms with Crippen molar-refractivity contribution in [2.24, 2.45) is 4.99 Å². The van der Waals surface area contributed by atoms with E-state index < -0.39 is 0 Å². The van der Waals surface area contributed by atoms with Gasteiger partial charge in [0.2, 0.25) is 5.91 Å². The van der Waals surface area contributed by atoms with Gasteiger partial charge in [0.05, 0.1) is 26.0 Å². The lowest BCUT2D eigenvalue weighted by Gasteiger charge is -2.13. The fraction of sp³-hybridized carbons (Fsp3) is 0.368. The Morgan fingerprint density at radius 1 is 1.15 bits per heavy atom. The smallest absolute Gasteiger partial charge is 0.242 e. The summed E-state index contributed by atoms with van der Waals surface area (Å²) >= 11 is 0. The minimum Gasteiger partial charge on any atom is -0.490 e. The van der Waals surface area contributed by atoms with Crippen molar-refractivity contribution in [1.82, 2.24) is 10.6 Å². The van der Waals surface area contributed by atoms with E-state index in [2.05, 4.69) is 20.9 Å². The number of hydrogen-bond acceptors (Lipinski definition) is 5. The molecule has 0 fully saturated rings. The standard InChI is InChI=1S/C19H24N4O4/c1-2-20-19(22-13-18(24)21-12-15-5-3-8-25-15)23-14-6-7-16-17(11-14)27-10-4-9-26-16/h3,5-8,11H,2,4,9-10,12-13H2,1H3,(H,21,24)(H2,20,22,23). The van der Waals surface area contributed by atoms with E-state index in [4.69, 9.17) is 13.9 Å². The highest BCUT2D eigenvalue weighted by atomic mass is 16.5. The van der Waals surface area contributed by atoms with Crippen molar-refractivity contribution in [2.45, 2.75) is 19.9 Å². The number of guanidine groups is 1. The number of nitrogens with zero attached hydrogens (tertiary/aromatic N) is 1. The molecule has 1 aliphatic rings. The molecule has 1 aliphatic heterocycles. The molecule has 0 radical (unpaired) electrons. The van der Waals surface area contributed by atoms with Gasteiger partial charge in [0.15, 0.2) is 17.5 Å². The quantitative estimate of drug-likeness (QED) is 0.531. The van der Waals surface area contributed by atoms with Gasteiger partial charge in [0, 0.05) is 24.7 Å². The van der Waals surface area contributed by atoms with Crippen molar-refractivity contribution >= 4 is 17.6 Å². The second-order valence-corrected chi connectivity index (χ2v) is 5.89. The Labute approximate surface area is 157 Å². The molecule has 0 atom stereocenters. The molecule has 1 aromatic carbocycles. The van der Waals surface area contributed by atoms with Crippen LogP contribution in [0, 0.1) is 0 Å². The van der Waals surface area contributed by atoms with E-state index in [9.17, 15) is 4.79 Å². The Kier molecular flexibility index (Phi) is 6.56. The van der Waals surface area contributed by atoms with Crippen LogP contribution in [0.2, 0.25) is 0 Å². The van der Waals surface area contributed by atoms with Crippen LogP contribution in [0.5, 0.6) is 11.5 Å². The predicted octanol–water partition coefficient (Wildman–Crippen LogP) is 2.13. The van der Waals surface area contributed by atoms with E-state index >= 15 is 0 Å². The predicted molar refractivity (Wildman–Crippen MR) is 102 cm³/mol. The Morgan fingerprint density at radius 3 is 2.78 bits per heavy atom. The second-order valence-electron chi connectivity index (χ2n) is 5.89. The number of hydrogen-bond donors (Lipinski definition) is 3. The lowest BCUT2D eigenvalue weighted by molar-refractivity contribution is -0.119. The van der Waals surface area contributed by atoms with Gasteiger partial charge in [0.1, 0.15) is 12.3 Å². The molecular weight excluding hydrogens is 348 g/mol. The number of nitrogens with one attached hydrogen (secondary N) is 3. The highest BCUT2D eigenvalue weighted by molar-refractivity contribution is 5.95. The summed E-state index contributed by atoms with van der Waals surface area (Å²) in [6.07, 6.45) is 2.43. The summed E-state index contributed by atoms with van der Waals surface area (Å²) in [6, 6.07) is 9.20. The van der Waals surface area contributed by atoms with Gasteiger partial charge in [-0.1, -0.05) is 0 Å². The van der Waals surface area contributed by atoms with E-state index in [1.54, 1.807) is 18.4 Å². The van der Waals surface area contributed by atoms with E-state index in [0.717, 1.165) is 17.9 Å². The van der Waals surface area contributed by atoms with Crippen molar-refractivity contribution in [2.75, 3.05) is 31.6 Å². The monoisotopic (exact) mass is 372 g/mol. The maximum atomic E-state index is 12.0. The number of fused-ring (bicyclic) bond motifs is 1. The Bertz CT molecular complexity index is 774. The fourth-order valence-corrected chi connectivity index (χ4v) is 2.49. The van der Waals surface area contributed by atoms with E-state index in [0.29, 0.717) is 43.8 Å². The summed E-state index contributed by atoms with van der Waals surface area (Å²) in [5.41, 5.74) is 0.801. The summed E-state index contributed by atoms with van der Waals surface area (Å²) < 4.78 is 16.5. The number of amides is 1. The molecule has 1 amide bonds. The Balaban J connectivity index is 1.58. The number of rotatable bonds is 6. The zero-order valence-corrected chi connectivity index (χ0v) is 15.3. The van der Waals surface area contributed by atoms with Crippen LogP contribution < -0.4 is 25.4 Å². The molecule has 27 heavy (non-hydrogen) atoms. The van der Waals surface area contributed by atoms with Gasteiger partial charge in [-0.05, 0) is 31.2 Å². The van der Waals surface area contributed by atoms with Gasteiger partial charge in [-0.2, -0.15) is 0 Å². The van der Waals surface area contributed by atoms with Gasteiger partial charge in [-0.25, -0.2) is 4.99 Å². The van der Waals surface area contributed by atoms with Crippen LogP contribution in [0.1, 0.15) is 19.1 Å². The van der Waals surface area contributed by atoms with E-state index in [1.165, 1.54) is 0 Å². The molecule has 0 saturated heterocycles. The molecule has 0 aliphatic carbocycles. The zero-order chi connectivity index (χ0) is 18.9. The zero-order valence-electron chi connectivity index (χ0n) is 15.3. The summed E-state index contributed by atoms with van der Waals surface area (Å²) in [7, 11) is 0. The first-order valence-electron chi connectivity index (χ1n) is 8.98. The molecule has 1 aromatic heterocycles. The normalized spacial score (nSPS) is 13.6. The maximum Gasteiger partial charge on any atom is 0.242 e. The SMILES string of the molecule is CCNC(=NCC(=O)NCc1ccco1)Nc1ccc2c(c1)OCCCO2. The molecule has 0 saturated carbocycles. The highest BCUT2D eigenvalue weighted by Crippen LogP contribution is 2.32. The van der Waals surface area contributed by atoms with E-state index in [1.807, 2.05) is 25.1 Å². The molecule has 3 N–H and O–H groups in total. The lowest BCUT2D eigenvalue weighted by Crippen LogP contribution is -2.33. The average molecular weight is 372 g/mol. The lowest BCUT2D eigenvalue weighted by atomic mass is 10.3. The largest absolute Gasteiger partial charge is 0.490 e. The molecule has 8 nitrogen and oxygen atoms in total. The Morgan fingerprint density at radius 2 is 2.00 bits per heavy atom. The molecule has 2 aromatic rings. The minimum atomic E-state index is -0.192. The molecule has 3 rings (SSSR count). The first-order valence-corrected chi connectivity index (χ1v) is 8.98. The van der Waals surface area contributed by atoms with Crippen molar-refractivity contribution in [3.8, 4) is 11.5 Å². The third kappa shape index (κ3) is 5.67. The van der Waals surface area contributed by atoms with Crippen LogP contribution in [-0.2, 0) is 11.3 Å². The van der Waals surface area contributed by atoms with Crippen molar-refractivity contribution in [3.63, 3.8) is 0 Å². The molecular formula is C19H24N4O4. The van der Waals surface area contributed by atoms with Crippen LogP contribution in [0.4, 0.5) is 5.69 Å². The van der Waals surface area contributed by atoms with Gasteiger partial charge >= 0.3 is 0 Å². The number of furan rings is 1. The maximum absolute atomic E-state index is 12.0. The molecule has 0 unspecified atom stereocenters.